The SMILES string of the molecule is NC(=NCC1CCCO1)NCCc1ccc(Cl)cc1Cl. The van der Waals surface area contributed by atoms with Gasteiger partial charge >= 0.3 is 0 Å². The molecule has 4 nitrogen and oxygen atoms in total. The molecule has 0 saturated carbocycles. The summed E-state index contributed by atoms with van der Waals surface area (Å²) < 4.78 is 5.48. The summed E-state index contributed by atoms with van der Waals surface area (Å²) in [6.07, 6.45) is 3.17. The first-order valence-electron chi connectivity index (χ1n) is 6.74. The Hall–Kier alpha value is -0.970. The van der Waals surface area contributed by atoms with Crippen LogP contribution in [0.4, 0.5) is 0 Å². The Bertz CT molecular complexity index is 473. The Balaban J connectivity index is 1.72. The maximum absolute atomic E-state index is 6.10. The molecule has 0 radical (unpaired) electrons. The molecule has 0 amide bonds. The highest BCUT2D eigenvalue weighted by Crippen LogP contribution is 2.21. The zero-order valence-electron chi connectivity index (χ0n) is 11.2. The van der Waals surface area contributed by atoms with Gasteiger partial charge in [-0.05, 0) is 37.0 Å². The van der Waals surface area contributed by atoms with Crippen molar-refractivity contribution in [1.29, 1.82) is 0 Å². The second kappa shape index (κ2) is 7.72. The molecule has 0 spiro atoms. The van der Waals surface area contributed by atoms with E-state index in [1.54, 1.807) is 6.07 Å². The molecule has 1 aliphatic rings. The Morgan fingerprint density at radius 1 is 1.45 bits per heavy atom. The number of benzene rings is 1. The van der Waals surface area contributed by atoms with E-state index in [4.69, 9.17) is 33.7 Å². The zero-order valence-corrected chi connectivity index (χ0v) is 12.8. The van der Waals surface area contributed by atoms with Crippen LogP contribution in [-0.4, -0.2) is 31.8 Å². The molecule has 1 atom stereocenters. The first-order valence-corrected chi connectivity index (χ1v) is 7.50. The Morgan fingerprint density at radius 2 is 2.30 bits per heavy atom. The normalized spacial score (nSPS) is 19.3. The predicted octanol–water partition coefficient (Wildman–Crippen LogP) is 2.62. The molecule has 1 heterocycles. The van der Waals surface area contributed by atoms with Gasteiger partial charge in [-0.25, -0.2) is 0 Å². The summed E-state index contributed by atoms with van der Waals surface area (Å²) in [6, 6.07) is 5.50. The van der Waals surface area contributed by atoms with Crippen LogP contribution >= 0.6 is 23.2 Å². The Morgan fingerprint density at radius 3 is 3.00 bits per heavy atom. The van der Waals surface area contributed by atoms with Crippen molar-refractivity contribution in [3.8, 4) is 0 Å². The molecule has 0 bridgehead atoms. The van der Waals surface area contributed by atoms with Crippen LogP contribution in [0, 0.1) is 0 Å². The van der Waals surface area contributed by atoms with Crippen molar-refractivity contribution in [1.82, 2.24) is 5.32 Å². The van der Waals surface area contributed by atoms with E-state index in [1.807, 2.05) is 12.1 Å². The molecule has 1 fully saturated rings. The molecule has 1 aliphatic heterocycles. The predicted molar refractivity (Wildman–Crippen MR) is 83.6 cm³/mol. The quantitative estimate of drug-likeness (QED) is 0.648. The van der Waals surface area contributed by atoms with E-state index in [9.17, 15) is 0 Å². The number of hydrogen-bond donors (Lipinski definition) is 2. The monoisotopic (exact) mass is 315 g/mol. The summed E-state index contributed by atoms with van der Waals surface area (Å²) in [5, 5.41) is 4.40. The fraction of sp³-hybridized carbons (Fsp3) is 0.500. The number of halogens is 2. The minimum atomic E-state index is 0.223. The molecule has 0 aliphatic carbocycles. The van der Waals surface area contributed by atoms with E-state index in [1.165, 1.54) is 0 Å². The van der Waals surface area contributed by atoms with Gasteiger partial charge in [-0.3, -0.25) is 4.99 Å². The van der Waals surface area contributed by atoms with E-state index in [2.05, 4.69) is 10.3 Å². The maximum atomic E-state index is 6.10. The number of guanidine groups is 1. The lowest BCUT2D eigenvalue weighted by Crippen LogP contribution is -2.34. The molecule has 1 saturated heterocycles. The number of ether oxygens (including phenoxy) is 1. The minimum absolute atomic E-state index is 0.223. The van der Waals surface area contributed by atoms with E-state index in [0.29, 0.717) is 29.1 Å². The van der Waals surface area contributed by atoms with Crippen molar-refractivity contribution in [3.05, 3.63) is 33.8 Å². The summed E-state index contributed by atoms with van der Waals surface area (Å²) in [4.78, 5) is 4.28. The van der Waals surface area contributed by atoms with Crippen LogP contribution in [0.3, 0.4) is 0 Å². The average Bonchev–Trinajstić information content (AvgIpc) is 2.92. The van der Waals surface area contributed by atoms with Crippen LogP contribution in [0.25, 0.3) is 0 Å². The van der Waals surface area contributed by atoms with Crippen molar-refractivity contribution in [2.75, 3.05) is 19.7 Å². The average molecular weight is 316 g/mol. The van der Waals surface area contributed by atoms with Gasteiger partial charge in [-0.1, -0.05) is 29.3 Å². The van der Waals surface area contributed by atoms with Crippen LogP contribution in [0.5, 0.6) is 0 Å². The van der Waals surface area contributed by atoms with Gasteiger partial charge in [0, 0.05) is 23.2 Å². The van der Waals surface area contributed by atoms with E-state index < -0.39 is 0 Å². The van der Waals surface area contributed by atoms with Crippen LogP contribution in [0.2, 0.25) is 10.0 Å². The molecule has 2 rings (SSSR count). The number of nitrogens with two attached hydrogens (primary N) is 1. The fourth-order valence-corrected chi connectivity index (χ4v) is 2.60. The summed E-state index contributed by atoms with van der Waals surface area (Å²) >= 11 is 12.0. The van der Waals surface area contributed by atoms with Gasteiger partial charge < -0.3 is 15.8 Å². The van der Waals surface area contributed by atoms with Gasteiger partial charge in [0.05, 0.1) is 12.6 Å². The highest BCUT2D eigenvalue weighted by atomic mass is 35.5. The molecular weight excluding hydrogens is 297 g/mol. The molecule has 1 unspecified atom stereocenters. The second-order valence-corrected chi connectivity index (χ2v) is 5.62. The minimum Gasteiger partial charge on any atom is -0.376 e. The van der Waals surface area contributed by atoms with Crippen molar-refractivity contribution in [2.45, 2.75) is 25.4 Å². The lowest BCUT2D eigenvalue weighted by atomic mass is 10.1. The number of rotatable bonds is 5. The van der Waals surface area contributed by atoms with Gasteiger partial charge in [0.15, 0.2) is 5.96 Å². The molecule has 0 aromatic heterocycles. The van der Waals surface area contributed by atoms with Crippen molar-refractivity contribution >= 4 is 29.2 Å². The van der Waals surface area contributed by atoms with Gasteiger partial charge in [-0.2, -0.15) is 0 Å². The van der Waals surface area contributed by atoms with Crippen LogP contribution in [0.15, 0.2) is 23.2 Å². The third-order valence-corrected chi connectivity index (χ3v) is 3.79. The first-order chi connectivity index (χ1) is 9.65. The molecule has 6 heteroatoms. The lowest BCUT2D eigenvalue weighted by molar-refractivity contribution is 0.118. The van der Waals surface area contributed by atoms with Gasteiger partial charge in [0.2, 0.25) is 0 Å². The molecule has 20 heavy (non-hydrogen) atoms. The van der Waals surface area contributed by atoms with E-state index in [-0.39, 0.29) is 6.10 Å². The van der Waals surface area contributed by atoms with Crippen molar-refractivity contribution < 1.29 is 4.74 Å². The highest BCUT2D eigenvalue weighted by molar-refractivity contribution is 6.35. The van der Waals surface area contributed by atoms with Crippen LogP contribution in [-0.2, 0) is 11.2 Å². The van der Waals surface area contributed by atoms with Crippen molar-refractivity contribution in [3.63, 3.8) is 0 Å². The highest BCUT2D eigenvalue weighted by Gasteiger charge is 2.14. The zero-order chi connectivity index (χ0) is 14.4. The third kappa shape index (κ3) is 4.85. The number of aliphatic imine (C=N–C) groups is 1. The third-order valence-electron chi connectivity index (χ3n) is 3.20. The lowest BCUT2D eigenvalue weighted by Gasteiger charge is -2.09. The summed E-state index contributed by atoms with van der Waals surface area (Å²) in [7, 11) is 0. The summed E-state index contributed by atoms with van der Waals surface area (Å²) in [5.74, 6) is 0.450. The molecular formula is C14H19Cl2N3O. The molecule has 1 aromatic carbocycles. The number of hydrogen-bond acceptors (Lipinski definition) is 2. The Kier molecular flexibility index (Phi) is 5.95. The van der Waals surface area contributed by atoms with Gasteiger partial charge in [0.25, 0.3) is 0 Å². The number of nitrogens with zero attached hydrogens (tertiary/aromatic N) is 1. The van der Waals surface area contributed by atoms with E-state index >= 15 is 0 Å². The first kappa shape index (κ1) is 15.4. The van der Waals surface area contributed by atoms with Gasteiger partial charge in [0.1, 0.15) is 0 Å². The van der Waals surface area contributed by atoms with Gasteiger partial charge in [-0.15, -0.1) is 0 Å². The fourth-order valence-electron chi connectivity index (χ4n) is 2.09. The molecule has 110 valence electrons. The van der Waals surface area contributed by atoms with Crippen molar-refractivity contribution in [2.24, 2.45) is 10.7 Å². The molecule has 3 N–H and O–H groups in total. The summed E-state index contributed by atoms with van der Waals surface area (Å²) in [5.41, 5.74) is 6.84. The molecule has 1 aromatic rings. The number of nitrogens with one attached hydrogen (secondary N) is 1. The van der Waals surface area contributed by atoms with E-state index in [0.717, 1.165) is 31.4 Å². The maximum Gasteiger partial charge on any atom is 0.188 e. The second-order valence-electron chi connectivity index (χ2n) is 4.77. The van der Waals surface area contributed by atoms with Crippen LogP contribution in [0.1, 0.15) is 18.4 Å². The summed E-state index contributed by atoms with van der Waals surface area (Å²) in [6.45, 7) is 2.14. The van der Waals surface area contributed by atoms with Crippen LogP contribution < -0.4 is 11.1 Å². The largest absolute Gasteiger partial charge is 0.376 e. The standard InChI is InChI=1S/C14H19Cl2N3O/c15-11-4-3-10(13(16)8-11)5-6-18-14(17)19-9-12-2-1-7-20-12/h3-4,8,12H,1-2,5-7,9H2,(H3,17,18,19). The smallest absolute Gasteiger partial charge is 0.188 e. The Labute approximate surface area is 129 Å². The topological polar surface area (TPSA) is 59.6 Å².